The Morgan fingerprint density at radius 3 is 2.05 bits per heavy atom. The Kier molecular flexibility index (Phi) is 3.78. The molecule has 0 spiro atoms. The van der Waals surface area contributed by atoms with Crippen LogP contribution in [0.2, 0.25) is 0 Å². The lowest BCUT2D eigenvalue weighted by Gasteiger charge is -2.08. The van der Waals surface area contributed by atoms with Crippen LogP contribution in [0.15, 0.2) is 64.8 Å². The molecule has 0 fully saturated rings. The number of anilines is 1. The van der Waals surface area contributed by atoms with Crippen LogP contribution in [0.5, 0.6) is 0 Å². The van der Waals surface area contributed by atoms with Gasteiger partial charge in [0.05, 0.1) is 0 Å². The smallest absolute Gasteiger partial charge is 0.211 e. The van der Waals surface area contributed by atoms with Gasteiger partial charge in [-0.2, -0.15) is 0 Å². The fourth-order valence-corrected chi connectivity index (χ4v) is 1.68. The van der Waals surface area contributed by atoms with E-state index in [0.29, 0.717) is 11.4 Å². The van der Waals surface area contributed by atoms with Crippen LogP contribution < -0.4 is 17.2 Å². The SMILES string of the molecule is NC(N)=N/N=C(/c1ccccc1)c1ccccc1N. The van der Waals surface area contributed by atoms with Crippen LogP contribution in [0.4, 0.5) is 5.69 Å². The summed E-state index contributed by atoms with van der Waals surface area (Å²) in [5.41, 5.74) is 19.6. The van der Waals surface area contributed by atoms with Crippen LogP contribution in [0.3, 0.4) is 0 Å². The van der Waals surface area contributed by atoms with Gasteiger partial charge in [0.15, 0.2) is 0 Å². The lowest BCUT2D eigenvalue weighted by molar-refractivity contribution is 1.20. The summed E-state index contributed by atoms with van der Waals surface area (Å²) in [5, 5.41) is 7.82. The van der Waals surface area contributed by atoms with E-state index < -0.39 is 0 Å². The number of benzene rings is 2. The van der Waals surface area contributed by atoms with Gasteiger partial charge in [0.1, 0.15) is 5.71 Å². The van der Waals surface area contributed by atoms with Gasteiger partial charge >= 0.3 is 0 Å². The van der Waals surface area contributed by atoms with Crippen LogP contribution in [0, 0.1) is 0 Å². The number of hydrogen-bond donors (Lipinski definition) is 3. The first kappa shape index (κ1) is 12.6. The van der Waals surface area contributed by atoms with Gasteiger partial charge in [0.25, 0.3) is 0 Å². The third-order valence-electron chi connectivity index (χ3n) is 2.53. The van der Waals surface area contributed by atoms with E-state index in [2.05, 4.69) is 10.2 Å². The molecule has 0 heterocycles. The van der Waals surface area contributed by atoms with Crippen LogP contribution in [-0.2, 0) is 0 Å². The maximum absolute atomic E-state index is 5.97. The van der Waals surface area contributed by atoms with Crippen molar-refractivity contribution < 1.29 is 0 Å². The quantitative estimate of drug-likeness (QED) is 0.332. The minimum atomic E-state index is -0.0945. The zero-order valence-electron chi connectivity index (χ0n) is 10.3. The molecule has 2 aromatic carbocycles. The number of rotatable bonds is 3. The number of guanidine groups is 1. The largest absolute Gasteiger partial charge is 0.398 e. The highest BCUT2D eigenvalue weighted by Crippen LogP contribution is 2.17. The summed E-state index contributed by atoms with van der Waals surface area (Å²) in [6.45, 7) is 0. The van der Waals surface area contributed by atoms with Crippen molar-refractivity contribution in [2.24, 2.45) is 21.7 Å². The molecule has 0 bridgehead atoms. The molecule has 0 atom stereocenters. The molecule has 2 aromatic rings. The summed E-state index contributed by atoms with van der Waals surface area (Å²) in [7, 11) is 0. The van der Waals surface area contributed by atoms with Crippen LogP contribution in [0.1, 0.15) is 11.1 Å². The van der Waals surface area contributed by atoms with E-state index in [1.54, 1.807) is 0 Å². The molecule has 96 valence electrons. The Balaban J connectivity index is 2.57. The number of para-hydroxylation sites is 1. The average molecular weight is 253 g/mol. The topological polar surface area (TPSA) is 103 Å². The second kappa shape index (κ2) is 5.68. The van der Waals surface area contributed by atoms with E-state index in [1.165, 1.54) is 0 Å². The Labute approximate surface area is 111 Å². The number of nitrogens with zero attached hydrogens (tertiary/aromatic N) is 2. The third kappa shape index (κ3) is 3.10. The van der Waals surface area contributed by atoms with Gasteiger partial charge in [-0.15, -0.1) is 10.2 Å². The molecule has 2 rings (SSSR count). The first-order valence-corrected chi connectivity index (χ1v) is 5.75. The number of nitrogen functional groups attached to an aromatic ring is 1. The van der Waals surface area contributed by atoms with Gasteiger partial charge in [0, 0.05) is 16.8 Å². The summed E-state index contributed by atoms with van der Waals surface area (Å²) in [6, 6.07) is 17.0. The maximum Gasteiger partial charge on any atom is 0.211 e. The Hall–Kier alpha value is -2.82. The van der Waals surface area contributed by atoms with E-state index in [1.807, 2.05) is 54.6 Å². The molecule has 5 nitrogen and oxygen atoms in total. The molecule has 0 amide bonds. The van der Waals surface area contributed by atoms with Gasteiger partial charge in [-0.25, -0.2) is 0 Å². The highest BCUT2D eigenvalue weighted by molar-refractivity contribution is 6.15. The second-order valence-corrected chi connectivity index (χ2v) is 3.93. The Morgan fingerprint density at radius 1 is 0.789 bits per heavy atom. The predicted octanol–water partition coefficient (Wildman–Crippen LogP) is 1.29. The van der Waals surface area contributed by atoms with Crippen molar-refractivity contribution in [3.8, 4) is 0 Å². The zero-order valence-corrected chi connectivity index (χ0v) is 10.3. The van der Waals surface area contributed by atoms with Gasteiger partial charge in [0.2, 0.25) is 5.96 Å². The van der Waals surface area contributed by atoms with Crippen LogP contribution in [0.25, 0.3) is 0 Å². The van der Waals surface area contributed by atoms with E-state index in [-0.39, 0.29) is 5.96 Å². The summed E-state index contributed by atoms with van der Waals surface area (Å²) in [5.74, 6) is -0.0945. The van der Waals surface area contributed by atoms with Crippen molar-refractivity contribution in [2.75, 3.05) is 5.73 Å². The molecule has 5 heteroatoms. The lowest BCUT2D eigenvalue weighted by Crippen LogP contribution is -2.22. The minimum Gasteiger partial charge on any atom is -0.398 e. The molecular formula is C14H15N5. The first-order chi connectivity index (χ1) is 9.18. The summed E-state index contributed by atoms with van der Waals surface area (Å²) >= 11 is 0. The van der Waals surface area contributed by atoms with Gasteiger partial charge in [-0.05, 0) is 6.07 Å². The van der Waals surface area contributed by atoms with E-state index in [4.69, 9.17) is 17.2 Å². The third-order valence-corrected chi connectivity index (χ3v) is 2.53. The van der Waals surface area contributed by atoms with Crippen LogP contribution >= 0.6 is 0 Å². The highest BCUT2D eigenvalue weighted by Gasteiger charge is 2.09. The standard InChI is InChI=1S/C14H15N5/c15-12-9-5-4-8-11(12)13(18-19-14(16)17)10-6-2-1-3-7-10/h1-9H,15H2,(H4,16,17,19)/b18-13-. The van der Waals surface area contributed by atoms with E-state index in [9.17, 15) is 0 Å². The highest BCUT2D eigenvalue weighted by atomic mass is 15.3. The zero-order chi connectivity index (χ0) is 13.7. The summed E-state index contributed by atoms with van der Waals surface area (Å²) < 4.78 is 0. The summed E-state index contributed by atoms with van der Waals surface area (Å²) in [6.07, 6.45) is 0. The molecule has 19 heavy (non-hydrogen) atoms. The van der Waals surface area contributed by atoms with E-state index >= 15 is 0 Å². The predicted molar refractivity (Wildman–Crippen MR) is 78.7 cm³/mol. The molecule has 0 aromatic heterocycles. The molecule has 0 radical (unpaired) electrons. The van der Waals surface area contributed by atoms with Crippen molar-refractivity contribution >= 4 is 17.4 Å². The lowest BCUT2D eigenvalue weighted by atomic mass is 10.0. The average Bonchev–Trinajstić information content (AvgIpc) is 2.42. The second-order valence-electron chi connectivity index (χ2n) is 3.93. The molecule has 6 N–H and O–H groups in total. The molecule has 0 aliphatic rings. The molecule has 0 saturated carbocycles. The Morgan fingerprint density at radius 2 is 1.42 bits per heavy atom. The first-order valence-electron chi connectivity index (χ1n) is 5.75. The fraction of sp³-hybridized carbons (Fsp3) is 0. The fourth-order valence-electron chi connectivity index (χ4n) is 1.68. The van der Waals surface area contributed by atoms with Crippen LogP contribution in [-0.4, -0.2) is 11.7 Å². The minimum absolute atomic E-state index is 0.0945. The van der Waals surface area contributed by atoms with Gasteiger partial charge in [-0.3, -0.25) is 0 Å². The maximum atomic E-state index is 5.97. The molecule has 0 saturated heterocycles. The molecule has 0 aliphatic heterocycles. The molecular weight excluding hydrogens is 238 g/mol. The molecule has 0 unspecified atom stereocenters. The van der Waals surface area contributed by atoms with Crippen molar-refractivity contribution in [1.82, 2.24) is 0 Å². The van der Waals surface area contributed by atoms with Crippen molar-refractivity contribution in [3.05, 3.63) is 65.7 Å². The number of hydrogen-bond acceptors (Lipinski definition) is 3. The van der Waals surface area contributed by atoms with Crippen molar-refractivity contribution in [2.45, 2.75) is 0 Å². The normalized spacial score (nSPS) is 11.1. The summed E-state index contributed by atoms with van der Waals surface area (Å²) in [4.78, 5) is 0. The van der Waals surface area contributed by atoms with E-state index in [0.717, 1.165) is 11.1 Å². The van der Waals surface area contributed by atoms with Crippen molar-refractivity contribution in [3.63, 3.8) is 0 Å². The van der Waals surface area contributed by atoms with Gasteiger partial charge < -0.3 is 17.2 Å². The monoisotopic (exact) mass is 253 g/mol. The Bertz CT molecular complexity index is 613. The molecule has 0 aliphatic carbocycles. The van der Waals surface area contributed by atoms with Crippen molar-refractivity contribution in [1.29, 1.82) is 0 Å². The number of nitrogens with two attached hydrogens (primary N) is 3. The van der Waals surface area contributed by atoms with Gasteiger partial charge in [-0.1, -0.05) is 48.5 Å².